The first-order valence-corrected chi connectivity index (χ1v) is 11.2. The summed E-state index contributed by atoms with van der Waals surface area (Å²) in [5.74, 6) is 2.01. The van der Waals surface area contributed by atoms with Gasteiger partial charge in [-0.25, -0.2) is 13.1 Å². The van der Waals surface area contributed by atoms with Crippen LogP contribution in [-0.4, -0.2) is 67.7 Å². The number of nitrogens with one attached hydrogen (secondary N) is 2. The van der Waals surface area contributed by atoms with E-state index < -0.39 is 10.0 Å². The number of H-pyrrole nitrogens is 1. The van der Waals surface area contributed by atoms with Crippen molar-refractivity contribution in [3.63, 3.8) is 0 Å². The molecule has 146 valence electrons. The summed E-state index contributed by atoms with van der Waals surface area (Å²) in [6.07, 6.45) is 0. The molecule has 1 amide bonds. The third kappa shape index (κ3) is 4.28. The van der Waals surface area contributed by atoms with Crippen molar-refractivity contribution in [1.29, 1.82) is 0 Å². The number of carbonyl (C=O) groups is 1. The van der Waals surface area contributed by atoms with E-state index in [9.17, 15) is 13.2 Å². The Hall–Kier alpha value is -2.04. The van der Waals surface area contributed by atoms with E-state index in [0.717, 1.165) is 11.5 Å². The molecule has 1 saturated heterocycles. The largest absolute Gasteiger partial charge is 0.495 e. The summed E-state index contributed by atoms with van der Waals surface area (Å²) < 4.78 is 32.5. The first-order valence-electron chi connectivity index (χ1n) is 8.56. The Morgan fingerprint density at radius 1 is 1.33 bits per heavy atom. The maximum absolute atomic E-state index is 12.6. The maximum Gasteiger partial charge on any atom is 0.271 e. The van der Waals surface area contributed by atoms with Crippen LogP contribution in [0.2, 0.25) is 0 Å². The Morgan fingerprint density at radius 2 is 2.07 bits per heavy atom. The summed E-state index contributed by atoms with van der Waals surface area (Å²) in [7, 11) is -2.28. The van der Waals surface area contributed by atoms with Gasteiger partial charge in [-0.2, -0.15) is 16.9 Å². The number of rotatable bonds is 6. The lowest BCUT2D eigenvalue weighted by molar-refractivity contribution is 0.0766. The highest BCUT2D eigenvalue weighted by Gasteiger charge is 2.23. The quantitative estimate of drug-likeness (QED) is 0.749. The highest BCUT2D eigenvalue weighted by atomic mass is 32.2. The summed E-state index contributed by atoms with van der Waals surface area (Å²) in [5.41, 5.74) is 1.47. The lowest BCUT2D eigenvalue weighted by Crippen LogP contribution is -2.38. The average molecular weight is 411 g/mol. The van der Waals surface area contributed by atoms with Crippen LogP contribution in [0.5, 0.6) is 5.75 Å². The van der Waals surface area contributed by atoms with Gasteiger partial charge in [0.1, 0.15) is 16.3 Å². The molecule has 2 N–H and O–H groups in total. The number of nitrogens with zero attached hydrogens (tertiary/aromatic N) is 2. The number of benzene rings is 1. The molecule has 0 bridgehead atoms. The Labute approximate surface area is 162 Å². The first-order chi connectivity index (χ1) is 13.0. The van der Waals surface area contributed by atoms with Gasteiger partial charge in [0.15, 0.2) is 0 Å². The van der Waals surface area contributed by atoms with E-state index in [0.29, 0.717) is 30.0 Å². The third-order valence-electron chi connectivity index (χ3n) is 4.19. The summed E-state index contributed by atoms with van der Waals surface area (Å²) in [6.45, 7) is 3.40. The molecule has 0 radical (unpaired) electrons. The summed E-state index contributed by atoms with van der Waals surface area (Å²) in [6, 6.07) is 6.44. The molecule has 1 fully saturated rings. The van der Waals surface area contributed by atoms with Crippen molar-refractivity contribution in [3.8, 4) is 17.0 Å². The maximum atomic E-state index is 12.6. The Balaban J connectivity index is 1.91. The minimum Gasteiger partial charge on any atom is -0.495 e. The smallest absolute Gasteiger partial charge is 0.271 e. The van der Waals surface area contributed by atoms with Crippen molar-refractivity contribution >= 4 is 27.7 Å². The summed E-state index contributed by atoms with van der Waals surface area (Å²) >= 11 is 1.83. The van der Waals surface area contributed by atoms with E-state index in [4.69, 9.17) is 4.74 Å². The zero-order chi connectivity index (χ0) is 19.4. The summed E-state index contributed by atoms with van der Waals surface area (Å²) in [5, 5.41) is 6.96. The van der Waals surface area contributed by atoms with Crippen LogP contribution in [0.4, 0.5) is 0 Å². The Morgan fingerprint density at radius 3 is 2.74 bits per heavy atom. The van der Waals surface area contributed by atoms with E-state index in [1.807, 2.05) is 11.8 Å². The van der Waals surface area contributed by atoms with Crippen LogP contribution in [0.15, 0.2) is 29.2 Å². The minimum absolute atomic E-state index is 0.0354. The van der Waals surface area contributed by atoms with Gasteiger partial charge >= 0.3 is 0 Å². The van der Waals surface area contributed by atoms with Crippen molar-refractivity contribution in [2.45, 2.75) is 11.8 Å². The van der Waals surface area contributed by atoms with Crippen molar-refractivity contribution in [2.75, 3.05) is 38.2 Å². The molecule has 1 aliphatic heterocycles. The molecular formula is C17H22N4O4S2. The SMILES string of the molecule is CCNS(=O)(=O)c1cc(-c2cc(C(=O)N3CCSCC3)[nH]n2)ccc1OC. The van der Waals surface area contributed by atoms with Gasteiger partial charge in [0.25, 0.3) is 5.91 Å². The molecule has 0 spiro atoms. The fourth-order valence-corrected chi connectivity index (χ4v) is 4.97. The number of aromatic amines is 1. The van der Waals surface area contributed by atoms with Crippen LogP contribution < -0.4 is 9.46 Å². The number of carbonyl (C=O) groups excluding carboxylic acids is 1. The third-order valence-corrected chi connectivity index (χ3v) is 6.70. The molecular weight excluding hydrogens is 388 g/mol. The topological polar surface area (TPSA) is 104 Å². The Bertz CT molecular complexity index is 921. The van der Waals surface area contributed by atoms with Crippen molar-refractivity contribution < 1.29 is 17.9 Å². The number of hydrogen-bond acceptors (Lipinski definition) is 6. The molecule has 0 unspecified atom stereocenters. The van der Waals surface area contributed by atoms with Gasteiger partial charge in [-0.1, -0.05) is 6.92 Å². The lowest BCUT2D eigenvalue weighted by Gasteiger charge is -2.25. The van der Waals surface area contributed by atoms with Crippen LogP contribution in [-0.2, 0) is 10.0 Å². The normalized spacial score (nSPS) is 15.0. The van der Waals surface area contributed by atoms with E-state index in [-0.39, 0.29) is 23.1 Å². The molecule has 0 aliphatic carbocycles. The van der Waals surface area contributed by atoms with Crippen molar-refractivity contribution in [3.05, 3.63) is 30.0 Å². The number of thioether (sulfide) groups is 1. The Kier molecular flexibility index (Phi) is 6.08. The second-order valence-corrected chi connectivity index (χ2v) is 8.90. The molecule has 10 heteroatoms. The van der Waals surface area contributed by atoms with Gasteiger partial charge in [0.2, 0.25) is 10.0 Å². The molecule has 1 aromatic carbocycles. The predicted octanol–water partition coefficient (Wildman–Crippen LogP) is 1.57. The number of hydrogen-bond donors (Lipinski definition) is 2. The van der Waals surface area contributed by atoms with Crippen LogP contribution >= 0.6 is 11.8 Å². The van der Waals surface area contributed by atoms with Gasteiger partial charge in [-0.05, 0) is 24.3 Å². The number of aromatic nitrogens is 2. The summed E-state index contributed by atoms with van der Waals surface area (Å²) in [4.78, 5) is 14.4. The molecule has 1 aliphatic rings. The van der Waals surface area contributed by atoms with Gasteiger partial charge in [-0.15, -0.1) is 0 Å². The van der Waals surface area contributed by atoms with E-state index >= 15 is 0 Å². The predicted molar refractivity (Wildman–Crippen MR) is 105 cm³/mol. The first kappa shape index (κ1) is 19.7. The fourth-order valence-electron chi connectivity index (χ4n) is 2.83. The monoisotopic (exact) mass is 410 g/mol. The second-order valence-electron chi connectivity index (χ2n) is 5.94. The molecule has 1 aromatic heterocycles. The highest BCUT2D eigenvalue weighted by Crippen LogP contribution is 2.29. The van der Waals surface area contributed by atoms with Gasteiger partial charge in [-0.3, -0.25) is 9.89 Å². The van der Waals surface area contributed by atoms with Gasteiger partial charge < -0.3 is 9.64 Å². The number of amides is 1. The van der Waals surface area contributed by atoms with Gasteiger partial charge in [0.05, 0.1) is 12.8 Å². The van der Waals surface area contributed by atoms with Crippen LogP contribution in [0.3, 0.4) is 0 Å². The van der Waals surface area contributed by atoms with E-state index in [1.165, 1.54) is 13.2 Å². The van der Waals surface area contributed by atoms with Crippen LogP contribution in [0, 0.1) is 0 Å². The molecule has 2 aromatic rings. The molecule has 27 heavy (non-hydrogen) atoms. The highest BCUT2D eigenvalue weighted by molar-refractivity contribution is 7.99. The number of methoxy groups -OCH3 is 1. The molecule has 3 rings (SSSR count). The van der Waals surface area contributed by atoms with Crippen molar-refractivity contribution in [1.82, 2.24) is 19.8 Å². The second kappa shape index (κ2) is 8.32. The molecule has 2 heterocycles. The zero-order valence-corrected chi connectivity index (χ0v) is 16.8. The van der Waals surface area contributed by atoms with Crippen LogP contribution in [0.1, 0.15) is 17.4 Å². The fraction of sp³-hybridized carbons (Fsp3) is 0.412. The zero-order valence-electron chi connectivity index (χ0n) is 15.2. The van der Waals surface area contributed by atoms with E-state index in [2.05, 4.69) is 14.9 Å². The molecule has 0 saturated carbocycles. The van der Waals surface area contributed by atoms with Crippen molar-refractivity contribution in [2.24, 2.45) is 0 Å². The van der Waals surface area contributed by atoms with Gasteiger partial charge in [0, 0.05) is 36.7 Å². The molecule has 8 nitrogen and oxygen atoms in total. The number of ether oxygens (including phenoxy) is 1. The van der Waals surface area contributed by atoms with E-state index in [1.54, 1.807) is 30.0 Å². The van der Waals surface area contributed by atoms with Crippen LogP contribution in [0.25, 0.3) is 11.3 Å². The lowest BCUT2D eigenvalue weighted by atomic mass is 10.1. The molecule has 0 atom stereocenters. The average Bonchev–Trinajstić information content (AvgIpc) is 3.17. The minimum atomic E-state index is -3.70. The number of sulfonamides is 1. The standard InChI is InChI=1S/C17H22N4O4S2/c1-3-18-27(23,24)16-10-12(4-5-15(16)25-2)13-11-14(20-19-13)17(22)21-6-8-26-9-7-21/h4-5,10-11,18H,3,6-9H2,1-2H3,(H,19,20).